The number of carbonyl (C=O) groups is 1. The highest BCUT2D eigenvalue weighted by molar-refractivity contribution is 7.92. The van der Waals surface area contributed by atoms with Crippen molar-refractivity contribution >= 4 is 21.6 Å². The molecule has 0 saturated heterocycles. The van der Waals surface area contributed by atoms with Crippen LogP contribution < -0.4 is 10.0 Å². The average molecular weight is 346 g/mol. The van der Waals surface area contributed by atoms with Crippen LogP contribution in [0.1, 0.15) is 35.3 Å². The molecular weight excluding hydrogens is 324 g/mol. The van der Waals surface area contributed by atoms with E-state index in [1.165, 1.54) is 24.3 Å². The third-order valence-electron chi connectivity index (χ3n) is 3.61. The summed E-state index contributed by atoms with van der Waals surface area (Å²) in [6.45, 7) is 7.62. The van der Waals surface area contributed by atoms with E-state index in [9.17, 15) is 13.2 Å². The van der Waals surface area contributed by atoms with E-state index in [2.05, 4.69) is 10.0 Å². The van der Waals surface area contributed by atoms with E-state index >= 15 is 0 Å². The monoisotopic (exact) mass is 346 g/mol. The Morgan fingerprint density at radius 3 is 2.12 bits per heavy atom. The molecule has 0 aliphatic heterocycles. The SMILES string of the molecule is Cc1ccc(NS(=O)(=O)c2ccc(C(=O)NC(C)C)cc2)cc1C. The van der Waals surface area contributed by atoms with Gasteiger partial charge in [0.15, 0.2) is 0 Å². The molecule has 5 nitrogen and oxygen atoms in total. The first-order valence-corrected chi connectivity index (χ1v) is 9.18. The Morgan fingerprint density at radius 2 is 1.58 bits per heavy atom. The van der Waals surface area contributed by atoms with Gasteiger partial charge in [-0.25, -0.2) is 8.42 Å². The second-order valence-corrected chi connectivity index (χ2v) is 7.74. The standard InChI is InChI=1S/C18H22N2O3S/c1-12(2)19-18(21)15-6-9-17(10-7-15)24(22,23)20-16-8-5-13(3)14(4)11-16/h5-12,20H,1-4H3,(H,19,21). The molecule has 0 atom stereocenters. The lowest BCUT2D eigenvalue weighted by Gasteiger charge is -2.11. The highest BCUT2D eigenvalue weighted by atomic mass is 32.2. The van der Waals surface area contributed by atoms with Gasteiger partial charge in [0.1, 0.15) is 0 Å². The van der Waals surface area contributed by atoms with Crippen LogP contribution in [0.3, 0.4) is 0 Å². The van der Waals surface area contributed by atoms with E-state index < -0.39 is 10.0 Å². The van der Waals surface area contributed by atoms with Gasteiger partial charge in [-0.1, -0.05) is 6.07 Å². The molecule has 6 heteroatoms. The Bertz CT molecular complexity index is 841. The van der Waals surface area contributed by atoms with Gasteiger partial charge in [0.25, 0.3) is 15.9 Å². The molecule has 0 fully saturated rings. The largest absolute Gasteiger partial charge is 0.350 e. The van der Waals surface area contributed by atoms with Crippen molar-refractivity contribution in [2.24, 2.45) is 0 Å². The number of amides is 1. The average Bonchev–Trinajstić information content (AvgIpc) is 2.50. The first kappa shape index (κ1) is 18.0. The third kappa shape index (κ3) is 4.35. The zero-order chi connectivity index (χ0) is 17.9. The van der Waals surface area contributed by atoms with Crippen LogP contribution in [0.25, 0.3) is 0 Å². The topological polar surface area (TPSA) is 75.3 Å². The highest BCUT2D eigenvalue weighted by Gasteiger charge is 2.15. The molecule has 2 N–H and O–H groups in total. The molecule has 0 aliphatic rings. The molecule has 1 amide bonds. The second-order valence-electron chi connectivity index (χ2n) is 6.06. The number of hydrogen-bond donors (Lipinski definition) is 2. The molecular formula is C18H22N2O3S. The smallest absolute Gasteiger partial charge is 0.261 e. The molecule has 0 aromatic heterocycles. The van der Waals surface area contributed by atoms with Crippen molar-refractivity contribution in [3.63, 3.8) is 0 Å². The maximum atomic E-state index is 12.4. The van der Waals surface area contributed by atoms with Gasteiger partial charge in [-0.3, -0.25) is 9.52 Å². The van der Waals surface area contributed by atoms with Crippen LogP contribution >= 0.6 is 0 Å². The van der Waals surface area contributed by atoms with Gasteiger partial charge in [0.05, 0.1) is 4.90 Å². The molecule has 0 spiro atoms. The van der Waals surface area contributed by atoms with E-state index in [0.717, 1.165) is 11.1 Å². The fourth-order valence-corrected chi connectivity index (χ4v) is 3.20. The molecule has 0 aliphatic carbocycles. The van der Waals surface area contributed by atoms with Crippen molar-refractivity contribution in [1.82, 2.24) is 5.32 Å². The Hall–Kier alpha value is -2.34. The quantitative estimate of drug-likeness (QED) is 0.873. The maximum Gasteiger partial charge on any atom is 0.261 e. The third-order valence-corrected chi connectivity index (χ3v) is 5.00. The lowest BCUT2D eigenvalue weighted by atomic mass is 10.1. The minimum absolute atomic E-state index is 0.0207. The summed E-state index contributed by atoms with van der Waals surface area (Å²) in [5, 5.41) is 2.76. The van der Waals surface area contributed by atoms with Crippen molar-refractivity contribution < 1.29 is 13.2 Å². The maximum absolute atomic E-state index is 12.4. The molecule has 0 unspecified atom stereocenters. The number of benzene rings is 2. The van der Waals surface area contributed by atoms with Gasteiger partial charge in [0, 0.05) is 17.3 Å². The van der Waals surface area contributed by atoms with E-state index in [4.69, 9.17) is 0 Å². The fourth-order valence-electron chi connectivity index (χ4n) is 2.15. The summed E-state index contributed by atoms with van der Waals surface area (Å²) in [4.78, 5) is 12.0. The van der Waals surface area contributed by atoms with Gasteiger partial charge in [0.2, 0.25) is 0 Å². The summed E-state index contributed by atoms with van der Waals surface area (Å²) < 4.78 is 27.4. The minimum atomic E-state index is -3.69. The van der Waals surface area contributed by atoms with Crippen molar-refractivity contribution in [2.75, 3.05) is 4.72 Å². The molecule has 2 aromatic carbocycles. The minimum Gasteiger partial charge on any atom is -0.350 e. The van der Waals surface area contributed by atoms with Crippen LogP contribution in [0.4, 0.5) is 5.69 Å². The number of nitrogens with one attached hydrogen (secondary N) is 2. The molecule has 128 valence electrons. The van der Waals surface area contributed by atoms with E-state index in [-0.39, 0.29) is 16.8 Å². The molecule has 2 rings (SSSR count). The summed E-state index contributed by atoms with van der Waals surface area (Å²) >= 11 is 0. The molecule has 24 heavy (non-hydrogen) atoms. The number of aryl methyl sites for hydroxylation is 2. The van der Waals surface area contributed by atoms with Crippen LogP contribution in [-0.2, 0) is 10.0 Å². The van der Waals surface area contributed by atoms with E-state index in [1.54, 1.807) is 12.1 Å². The molecule has 0 bridgehead atoms. The van der Waals surface area contributed by atoms with Crippen molar-refractivity contribution in [2.45, 2.75) is 38.6 Å². The summed E-state index contributed by atoms with van der Waals surface area (Å²) in [5.41, 5.74) is 3.04. The van der Waals surface area contributed by atoms with Crippen LogP contribution in [0.5, 0.6) is 0 Å². The summed E-state index contributed by atoms with van der Waals surface area (Å²) in [7, 11) is -3.69. The number of carbonyl (C=O) groups excluding carboxylic acids is 1. The van der Waals surface area contributed by atoms with Crippen molar-refractivity contribution in [3.8, 4) is 0 Å². The van der Waals surface area contributed by atoms with Crippen LogP contribution in [0.15, 0.2) is 47.4 Å². The van der Waals surface area contributed by atoms with Crippen molar-refractivity contribution in [1.29, 1.82) is 0 Å². The predicted molar refractivity (Wildman–Crippen MR) is 95.8 cm³/mol. The van der Waals surface area contributed by atoms with Crippen LogP contribution in [0.2, 0.25) is 0 Å². The second kappa shape index (κ2) is 7.05. The Labute approximate surface area is 143 Å². The lowest BCUT2D eigenvalue weighted by molar-refractivity contribution is 0.0943. The summed E-state index contributed by atoms with van der Waals surface area (Å²) in [6, 6.07) is 11.3. The summed E-state index contributed by atoms with van der Waals surface area (Å²) in [5.74, 6) is -0.226. The predicted octanol–water partition coefficient (Wildman–Crippen LogP) is 3.24. The van der Waals surface area contributed by atoms with Gasteiger partial charge < -0.3 is 5.32 Å². The first-order valence-electron chi connectivity index (χ1n) is 7.70. The highest BCUT2D eigenvalue weighted by Crippen LogP contribution is 2.19. The van der Waals surface area contributed by atoms with Gasteiger partial charge >= 0.3 is 0 Å². The zero-order valence-electron chi connectivity index (χ0n) is 14.3. The molecule has 2 aromatic rings. The Balaban J connectivity index is 2.20. The Morgan fingerprint density at radius 1 is 0.958 bits per heavy atom. The lowest BCUT2D eigenvalue weighted by Crippen LogP contribution is -2.30. The number of anilines is 1. The van der Waals surface area contributed by atoms with E-state index in [1.807, 2.05) is 33.8 Å². The number of sulfonamides is 1. The molecule has 0 saturated carbocycles. The van der Waals surface area contributed by atoms with Crippen LogP contribution in [0, 0.1) is 13.8 Å². The number of hydrogen-bond acceptors (Lipinski definition) is 3. The van der Waals surface area contributed by atoms with Gasteiger partial charge in [-0.2, -0.15) is 0 Å². The molecule has 0 radical (unpaired) electrons. The van der Waals surface area contributed by atoms with Gasteiger partial charge in [-0.15, -0.1) is 0 Å². The van der Waals surface area contributed by atoms with Crippen molar-refractivity contribution in [3.05, 3.63) is 59.2 Å². The number of rotatable bonds is 5. The fraction of sp³-hybridized carbons (Fsp3) is 0.278. The molecule has 0 heterocycles. The normalized spacial score (nSPS) is 11.4. The van der Waals surface area contributed by atoms with E-state index in [0.29, 0.717) is 11.3 Å². The first-order chi connectivity index (χ1) is 11.2. The zero-order valence-corrected chi connectivity index (χ0v) is 15.1. The summed E-state index contributed by atoms with van der Waals surface area (Å²) in [6.07, 6.45) is 0. The Kier molecular flexibility index (Phi) is 5.29. The van der Waals surface area contributed by atoms with Gasteiger partial charge in [-0.05, 0) is 75.2 Å². The van der Waals surface area contributed by atoms with Crippen LogP contribution in [-0.4, -0.2) is 20.4 Å².